The Bertz CT molecular complexity index is 265. The molecule has 0 unspecified atom stereocenters. The molecule has 0 aromatic carbocycles. The van der Waals surface area contributed by atoms with E-state index in [1.807, 2.05) is 0 Å². The first-order valence-corrected chi connectivity index (χ1v) is 6.12. The number of nitrogens with zero attached hydrogens (tertiary/aromatic N) is 2. The number of nitrogens with one attached hydrogen (secondary N) is 1. The van der Waals surface area contributed by atoms with Gasteiger partial charge in [-0.3, -0.25) is 4.79 Å². The van der Waals surface area contributed by atoms with E-state index in [2.05, 4.69) is 10.2 Å². The highest BCUT2D eigenvalue weighted by atomic mass is 19.4. The van der Waals surface area contributed by atoms with Gasteiger partial charge in [-0.15, -0.1) is 0 Å². The molecule has 0 aromatic rings. The molecule has 1 amide bonds. The van der Waals surface area contributed by atoms with Gasteiger partial charge in [0.05, 0.1) is 13.1 Å². The van der Waals surface area contributed by atoms with Crippen molar-refractivity contribution in [1.29, 1.82) is 0 Å². The Morgan fingerprint density at radius 2 is 1.94 bits per heavy atom. The van der Waals surface area contributed by atoms with Gasteiger partial charge in [-0.1, -0.05) is 0 Å². The minimum absolute atomic E-state index is 0.268. The molecule has 106 valence electrons. The highest BCUT2D eigenvalue weighted by Crippen LogP contribution is 2.11. The van der Waals surface area contributed by atoms with Crippen molar-refractivity contribution in [2.45, 2.75) is 19.0 Å². The summed E-state index contributed by atoms with van der Waals surface area (Å²) in [7, 11) is 1.62. The number of likely N-dealkylation sites (tertiary alicyclic amines) is 1. The Morgan fingerprint density at radius 3 is 2.50 bits per heavy atom. The van der Waals surface area contributed by atoms with E-state index >= 15 is 0 Å². The summed E-state index contributed by atoms with van der Waals surface area (Å²) in [4.78, 5) is 15.2. The lowest BCUT2D eigenvalue weighted by molar-refractivity contribution is -0.133. The summed E-state index contributed by atoms with van der Waals surface area (Å²) in [5.74, 6) is -0.307. The van der Waals surface area contributed by atoms with Crippen LogP contribution < -0.4 is 5.32 Å². The maximum atomic E-state index is 11.9. The molecule has 1 N–H and O–H groups in total. The Kier molecular flexibility index (Phi) is 5.87. The molecule has 1 rings (SSSR count). The van der Waals surface area contributed by atoms with Crippen LogP contribution in [0.25, 0.3) is 0 Å². The molecule has 1 aliphatic heterocycles. The summed E-state index contributed by atoms with van der Waals surface area (Å²) in [5, 5.41) is 2.10. The summed E-state index contributed by atoms with van der Waals surface area (Å²) < 4.78 is 35.6. The zero-order valence-electron chi connectivity index (χ0n) is 10.6. The third-order valence-corrected chi connectivity index (χ3v) is 2.98. The van der Waals surface area contributed by atoms with Crippen molar-refractivity contribution < 1.29 is 18.0 Å². The van der Waals surface area contributed by atoms with Crippen molar-refractivity contribution in [3.63, 3.8) is 0 Å². The van der Waals surface area contributed by atoms with Crippen molar-refractivity contribution >= 4 is 5.91 Å². The first kappa shape index (κ1) is 15.2. The molecule has 1 fully saturated rings. The van der Waals surface area contributed by atoms with Gasteiger partial charge in [-0.05, 0) is 25.9 Å². The van der Waals surface area contributed by atoms with Gasteiger partial charge in [0.2, 0.25) is 5.91 Å². The minimum Gasteiger partial charge on any atom is -0.343 e. The second kappa shape index (κ2) is 6.94. The SMILES string of the molecule is CN(CCN1CCCC1)C(=O)CNCC(F)(F)F. The molecule has 0 aliphatic carbocycles. The van der Waals surface area contributed by atoms with E-state index in [4.69, 9.17) is 0 Å². The Labute approximate surface area is 105 Å². The molecule has 1 aliphatic rings. The van der Waals surface area contributed by atoms with Crippen molar-refractivity contribution in [1.82, 2.24) is 15.1 Å². The van der Waals surface area contributed by atoms with E-state index in [0.29, 0.717) is 6.54 Å². The molecule has 0 atom stereocenters. The quantitative estimate of drug-likeness (QED) is 0.769. The number of rotatable bonds is 6. The van der Waals surface area contributed by atoms with Crippen LogP contribution >= 0.6 is 0 Å². The fourth-order valence-corrected chi connectivity index (χ4v) is 1.87. The first-order valence-electron chi connectivity index (χ1n) is 6.12. The van der Waals surface area contributed by atoms with E-state index < -0.39 is 12.7 Å². The van der Waals surface area contributed by atoms with Crippen LogP contribution in [0.15, 0.2) is 0 Å². The van der Waals surface area contributed by atoms with Crippen molar-refractivity contribution in [3.8, 4) is 0 Å². The normalized spacial score (nSPS) is 17.1. The fraction of sp³-hybridized carbons (Fsp3) is 0.909. The Morgan fingerprint density at radius 1 is 1.33 bits per heavy atom. The highest BCUT2D eigenvalue weighted by molar-refractivity contribution is 5.77. The van der Waals surface area contributed by atoms with Gasteiger partial charge in [0, 0.05) is 20.1 Å². The maximum Gasteiger partial charge on any atom is 0.401 e. The number of carbonyl (C=O) groups is 1. The molecule has 4 nitrogen and oxygen atoms in total. The Hall–Kier alpha value is -0.820. The monoisotopic (exact) mass is 267 g/mol. The van der Waals surface area contributed by atoms with Crippen LogP contribution in [0, 0.1) is 0 Å². The lowest BCUT2D eigenvalue weighted by Crippen LogP contribution is -2.41. The number of amides is 1. The second-order valence-corrected chi connectivity index (χ2v) is 4.58. The Balaban J connectivity index is 2.12. The van der Waals surface area contributed by atoms with Crippen LogP contribution in [0.5, 0.6) is 0 Å². The van der Waals surface area contributed by atoms with Crippen LogP contribution in [0.2, 0.25) is 0 Å². The number of carbonyl (C=O) groups excluding carboxylic acids is 1. The minimum atomic E-state index is -4.27. The molecular weight excluding hydrogens is 247 g/mol. The molecular formula is C11H20F3N3O. The van der Waals surface area contributed by atoms with E-state index in [0.717, 1.165) is 19.6 Å². The highest BCUT2D eigenvalue weighted by Gasteiger charge is 2.26. The van der Waals surface area contributed by atoms with E-state index in [-0.39, 0.29) is 12.5 Å². The van der Waals surface area contributed by atoms with Crippen LogP contribution in [0.4, 0.5) is 13.2 Å². The lowest BCUT2D eigenvalue weighted by Gasteiger charge is -2.21. The van der Waals surface area contributed by atoms with Crippen molar-refractivity contribution in [2.75, 3.05) is 46.3 Å². The van der Waals surface area contributed by atoms with E-state index in [1.54, 1.807) is 7.05 Å². The standard InChI is InChI=1S/C11H20F3N3O/c1-16(6-7-17-4-2-3-5-17)10(18)8-15-9-11(12,13)14/h15H,2-9H2,1H3. The average molecular weight is 267 g/mol. The molecule has 7 heteroatoms. The zero-order valence-corrected chi connectivity index (χ0v) is 10.6. The van der Waals surface area contributed by atoms with E-state index in [1.165, 1.54) is 17.7 Å². The summed E-state index contributed by atoms with van der Waals surface area (Å²) in [5.41, 5.74) is 0. The molecule has 1 saturated heterocycles. The lowest BCUT2D eigenvalue weighted by atomic mass is 10.4. The first-order chi connectivity index (χ1) is 8.38. The second-order valence-electron chi connectivity index (χ2n) is 4.58. The summed E-state index contributed by atoms with van der Waals surface area (Å²) >= 11 is 0. The van der Waals surface area contributed by atoms with Gasteiger partial charge in [0.1, 0.15) is 0 Å². The maximum absolute atomic E-state index is 11.9. The number of halogens is 3. The topological polar surface area (TPSA) is 35.6 Å². The predicted octanol–water partition coefficient (Wildman–Crippen LogP) is 0.692. The summed E-state index contributed by atoms with van der Waals surface area (Å²) in [6.07, 6.45) is -1.90. The van der Waals surface area contributed by atoms with Crippen LogP contribution in [0.3, 0.4) is 0 Å². The van der Waals surface area contributed by atoms with Gasteiger partial charge < -0.3 is 15.1 Å². The van der Waals surface area contributed by atoms with Crippen LogP contribution in [0.1, 0.15) is 12.8 Å². The van der Waals surface area contributed by atoms with Crippen LogP contribution in [-0.4, -0.2) is 68.2 Å². The number of hydrogen-bond acceptors (Lipinski definition) is 3. The molecule has 0 bridgehead atoms. The predicted molar refractivity (Wildman–Crippen MR) is 62.2 cm³/mol. The summed E-state index contributed by atoms with van der Waals surface area (Å²) in [6.45, 7) is 2.06. The number of likely N-dealkylation sites (N-methyl/N-ethyl adjacent to an activating group) is 1. The van der Waals surface area contributed by atoms with Gasteiger partial charge in [0.15, 0.2) is 0 Å². The zero-order chi connectivity index (χ0) is 13.6. The van der Waals surface area contributed by atoms with Crippen LogP contribution in [-0.2, 0) is 4.79 Å². The summed E-state index contributed by atoms with van der Waals surface area (Å²) in [6, 6.07) is 0. The van der Waals surface area contributed by atoms with Crippen molar-refractivity contribution in [3.05, 3.63) is 0 Å². The third kappa shape index (κ3) is 6.20. The van der Waals surface area contributed by atoms with Gasteiger partial charge >= 0.3 is 6.18 Å². The number of hydrogen-bond donors (Lipinski definition) is 1. The van der Waals surface area contributed by atoms with Gasteiger partial charge in [-0.25, -0.2) is 0 Å². The third-order valence-electron chi connectivity index (χ3n) is 2.98. The molecule has 0 spiro atoms. The molecule has 0 aromatic heterocycles. The molecule has 0 radical (unpaired) electrons. The van der Waals surface area contributed by atoms with E-state index in [9.17, 15) is 18.0 Å². The smallest absolute Gasteiger partial charge is 0.343 e. The molecule has 0 saturated carbocycles. The average Bonchev–Trinajstić information content (AvgIpc) is 2.76. The largest absolute Gasteiger partial charge is 0.401 e. The van der Waals surface area contributed by atoms with Gasteiger partial charge in [0.25, 0.3) is 0 Å². The number of alkyl halides is 3. The molecule has 1 heterocycles. The molecule has 18 heavy (non-hydrogen) atoms. The van der Waals surface area contributed by atoms with Crippen molar-refractivity contribution in [2.24, 2.45) is 0 Å². The fourth-order valence-electron chi connectivity index (χ4n) is 1.87. The van der Waals surface area contributed by atoms with Gasteiger partial charge in [-0.2, -0.15) is 13.2 Å².